The molecule has 0 aliphatic heterocycles. The van der Waals surface area contributed by atoms with Gasteiger partial charge in [-0.1, -0.05) is 6.92 Å². The molecule has 40 valence electrons. The molecule has 0 aromatic carbocycles. The minimum atomic E-state index is 0.855. The van der Waals surface area contributed by atoms with E-state index in [1.807, 2.05) is 0 Å². The first kappa shape index (κ1) is 5.14. The van der Waals surface area contributed by atoms with Crippen molar-refractivity contribution >= 4 is 0 Å². The second-order valence-corrected chi connectivity index (χ2v) is 2.31. The van der Waals surface area contributed by atoms with Gasteiger partial charge in [-0.25, -0.2) is 0 Å². The van der Waals surface area contributed by atoms with Gasteiger partial charge in [0.15, 0.2) is 0 Å². The van der Waals surface area contributed by atoms with E-state index in [1.165, 1.54) is 19.3 Å². The van der Waals surface area contributed by atoms with E-state index in [0.29, 0.717) is 0 Å². The average Bonchev–Trinajstić information content (AvgIpc) is 1.69. The maximum atomic E-state index is 2.40. The Bertz CT molecular complexity index is 42.0. The highest BCUT2D eigenvalue weighted by Crippen LogP contribution is 2.20. The molecule has 7 heavy (non-hydrogen) atoms. The smallest absolute Gasteiger partial charge is 0.0357 e. The Labute approximate surface area is 45.9 Å². The van der Waals surface area contributed by atoms with Gasteiger partial charge >= 0.3 is 0 Å². The maximum Gasteiger partial charge on any atom is -0.0357 e. The molecule has 0 heteroatoms. The molecule has 1 rings (SSSR count). The summed E-state index contributed by atoms with van der Waals surface area (Å²) in [5.41, 5.74) is 0. The molecule has 0 aromatic heterocycles. The second-order valence-electron chi connectivity index (χ2n) is 2.31. The Morgan fingerprint density at radius 1 is 1.43 bits per heavy atom. The van der Waals surface area contributed by atoms with Crippen molar-refractivity contribution in [3.8, 4) is 0 Å². The molecule has 0 spiro atoms. The molecule has 0 heterocycles. The fourth-order valence-corrected chi connectivity index (χ4v) is 0.976. The van der Waals surface area contributed by atoms with Crippen LogP contribution in [0.3, 0.4) is 0 Å². The minimum Gasteiger partial charge on any atom is -0.0622 e. The van der Waals surface area contributed by atoms with E-state index >= 15 is 0 Å². The predicted octanol–water partition coefficient (Wildman–Crippen LogP) is 2.21. The third-order valence-electron chi connectivity index (χ3n) is 1.48. The predicted molar refractivity (Wildman–Crippen MR) is 31.6 cm³/mol. The van der Waals surface area contributed by atoms with E-state index in [4.69, 9.17) is 0 Å². The maximum absolute atomic E-state index is 2.40. The van der Waals surface area contributed by atoms with Crippen LogP contribution in [0.15, 0.2) is 0 Å². The summed E-state index contributed by atoms with van der Waals surface area (Å²) in [6, 6.07) is 0. The summed E-state index contributed by atoms with van der Waals surface area (Å²) in [7, 11) is 0. The lowest BCUT2D eigenvalue weighted by molar-refractivity contribution is 0.559. The summed E-state index contributed by atoms with van der Waals surface area (Å²) in [5, 5.41) is 0. The van der Waals surface area contributed by atoms with Crippen molar-refractivity contribution < 1.29 is 0 Å². The average molecular weight is 96.2 g/mol. The topological polar surface area (TPSA) is 0 Å². The molecule has 1 atom stereocenters. The summed E-state index contributed by atoms with van der Waals surface area (Å²) in [4.78, 5) is 0. The first-order valence-electron chi connectivity index (χ1n) is 3.04. The molecule has 0 saturated heterocycles. The molecule has 0 nitrogen and oxygen atoms in total. The van der Waals surface area contributed by atoms with Crippen LogP contribution in [-0.4, -0.2) is 0 Å². The lowest BCUT2D eigenvalue weighted by Gasteiger charge is -2.14. The molecule has 1 saturated carbocycles. The molecule has 0 bridgehead atoms. The highest BCUT2D eigenvalue weighted by molar-refractivity contribution is 4.85. The van der Waals surface area contributed by atoms with Crippen molar-refractivity contribution in [2.75, 3.05) is 0 Å². The van der Waals surface area contributed by atoms with Gasteiger partial charge in [-0.15, -0.1) is 0 Å². The third-order valence-corrected chi connectivity index (χ3v) is 1.48. The Morgan fingerprint density at radius 3 is 2.57 bits per heavy atom. The van der Waals surface area contributed by atoms with Crippen LogP contribution in [0.1, 0.15) is 26.2 Å². The molecule has 2 radical (unpaired) electrons. The van der Waals surface area contributed by atoms with Crippen LogP contribution in [0.5, 0.6) is 0 Å². The van der Waals surface area contributed by atoms with Gasteiger partial charge in [0.25, 0.3) is 0 Å². The van der Waals surface area contributed by atoms with Gasteiger partial charge in [0, 0.05) is 0 Å². The minimum absolute atomic E-state index is 0.855. The van der Waals surface area contributed by atoms with Gasteiger partial charge in [-0.2, -0.15) is 0 Å². The van der Waals surface area contributed by atoms with Gasteiger partial charge in [-0.05, 0) is 38.0 Å². The van der Waals surface area contributed by atoms with E-state index in [0.717, 1.165) is 5.92 Å². The number of rotatable bonds is 0. The zero-order chi connectivity index (χ0) is 5.11. The number of hydrogen-bond acceptors (Lipinski definition) is 0. The zero-order valence-electron chi connectivity index (χ0n) is 4.85. The van der Waals surface area contributed by atoms with E-state index in [1.54, 1.807) is 0 Å². The summed E-state index contributed by atoms with van der Waals surface area (Å²) in [5.74, 6) is 0.855. The van der Waals surface area contributed by atoms with Gasteiger partial charge in [0.2, 0.25) is 0 Å². The van der Waals surface area contributed by atoms with Crippen molar-refractivity contribution in [1.82, 2.24) is 0 Å². The highest BCUT2D eigenvalue weighted by atomic mass is 14.1. The molecule has 1 aliphatic carbocycles. The zero-order valence-corrected chi connectivity index (χ0v) is 4.85. The molecule has 0 aromatic rings. The summed E-state index contributed by atoms with van der Waals surface area (Å²) >= 11 is 0. The highest BCUT2D eigenvalue weighted by Gasteiger charge is 2.06. The van der Waals surface area contributed by atoms with Crippen molar-refractivity contribution in [1.29, 1.82) is 0 Å². The molecule has 1 unspecified atom stereocenters. The first-order valence-corrected chi connectivity index (χ1v) is 3.04. The molecular weight excluding hydrogens is 84.1 g/mol. The van der Waals surface area contributed by atoms with Gasteiger partial charge in [0.1, 0.15) is 0 Å². The van der Waals surface area contributed by atoms with E-state index in [2.05, 4.69) is 19.8 Å². The largest absolute Gasteiger partial charge is 0.0622 e. The van der Waals surface area contributed by atoms with Crippen LogP contribution in [0.25, 0.3) is 0 Å². The Kier molecular flexibility index (Phi) is 1.72. The lowest BCUT2D eigenvalue weighted by atomic mass is 9.91. The normalized spacial score (nSPS) is 25.3. The lowest BCUT2D eigenvalue weighted by Crippen LogP contribution is -2.01. The quantitative estimate of drug-likeness (QED) is 0.433. The van der Waals surface area contributed by atoms with Crippen molar-refractivity contribution in [3.05, 3.63) is 12.8 Å². The monoisotopic (exact) mass is 96.1 g/mol. The third kappa shape index (κ3) is 1.50. The first-order chi connectivity index (χ1) is 3.39. The standard InChI is InChI=1S/C7H12/c1-7-5-3-2-4-6-7/h3,6-7H,2,4-5H2,1H3. The summed E-state index contributed by atoms with van der Waals surface area (Å²) < 4.78 is 0. The molecule has 1 aliphatic rings. The van der Waals surface area contributed by atoms with E-state index in [-0.39, 0.29) is 0 Å². The Balaban J connectivity index is 2.12. The van der Waals surface area contributed by atoms with Crippen LogP contribution >= 0.6 is 0 Å². The van der Waals surface area contributed by atoms with Crippen LogP contribution < -0.4 is 0 Å². The SMILES string of the molecule is CC1[CH]CC[CH]C1. The van der Waals surface area contributed by atoms with E-state index < -0.39 is 0 Å². The molecule has 1 fully saturated rings. The van der Waals surface area contributed by atoms with Gasteiger partial charge in [-0.3, -0.25) is 0 Å². The van der Waals surface area contributed by atoms with Crippen molar-refractivity contribution in [2.24, 2.45) is 5.92 Å². The van der Waals surface area contributed by atoms with E-state index in [9.17, 15) is 0 Å². The van der Waals surface area contributed by atoms with Crippen LogP contribution in [-0.2, 0) is 0 Å². The van der Waals surface area contributed by atoms with Gasteiger partial charge in [0.05, 0.1) is 0 Å². The van der Waals surface area contributed by atoms with Crippen LogP contribution in [0, 0.1) is 18.8 Å². The summed E-state index contributed by atoms with van der Waals surface area (Å²) in [6.07, 6.45) is 8.70. The Hall–Kier alpha value is 0. The molecule has 0 amide bonds. The van der Waals surface area contributed by atoms with Crippen LogP contribution in [0.2, 0.25) is 0 Å². The van der Waals surface area contributed by atoms with Crippen molar-refractivity contribution in [2.45, 2.75) is 26.2 Å². The molecule has 0 N–H and O–H groups in total. The van der Waals surface area contributed by atoms with Crippen LogP contribution in [0.4, 0.5) is 0 Å². The fraction of sp³-hybridized carbons (Fsp3) is 0.714. The fourth-order valence-electron chi connectivity index (χ4n) is 0.976. The Morgan fingerprint density at radius 2 is 2.29 bits per heavy atom. The number of hydrogen-bond donors (Lipinski definition) is 0. The van der Waals surface area contributed by atoms with Gasteiger partial charge < -0.3 is 0 Å². The van der Waals surface area contributed by atoms with Crippen molar-refractivity contribution in [3.63, 3.8) is 0 Å². The summed E-state index contributed by atoms with van der Waals surface area (Å²) in [6.45, 7) is 2.27. The molecular formula is C7H12. The second kappa shape index (κ2) is 2.34.